The average molecular weight is 211 g/mol. The Kier molecular flexibility index (Phi) is 3.93. The van der Waals surface area contributed by atoms with Gasteiger partial charge in [-0.1, -0.05) is 20.3 Å². The van der Waals surface area contributed by atoms with Gasteiger partial charge in [-0.2, -0.15) is 0 Å². The Hall–Kier alpha value is -0.370. The first-order valence-electron chi connectivity index (χ1n) is 6.21. The van der Waals surface area contributed by atoms with Gasteiger partial charge in [-0.15, -0.1) is 0 Å². The molecule has 0 spiro atoms. The molecule has 0 bridgehead atoms. The lowest BCUT2D eigenvalue weighted by Crippen LogP contribution is -2.49. The van der Waals surface area contributed by atoms with Crippen LogP contribution in [0.15, 0.2) is 0 Å². The standard InChI is InChI=1S/C13H25NO/c1-6-10-8-9-14(13(3,4)5)12(10)11(15)7-2/h10,12H,6-9H2,1-5H3. The second-order valence-corrected chi connectivity index (χ2v) is 5.59. The molecule has 0 aromatic rings. The normalized spacial score (nSPS) is 28.3. The molecule has 0 amide bonds. The molecule has 1 aliphatic heterocycles. The van der Waals surface area contributed by atoms with Crippen molar-refractivity contribution in [2.75, 3.05) is 6.54 Å². The molecule has 15 heavy (non-hydrogen) atoms. The number of likely N-dealkylation sites (tertiary alicyclic amines) is 1. The van der Waals surface area contributed by atoms with Gasteiger partial charge in [0.05, 0.1) is 6.04 Å². The summed E-state index contributed by atoms with van der Waals surface area (Å²) in [6.45, 7) is 11.9. The van der Waals surface area contributed by atoms with Gasteiger partial charge in [-0.05, 0) is 39.7 Å². The Balaban J connectivity index is 2.86. The van der Waals surface area contributed by atoms with E-state index >= 15 is 0 Å². The molecule has 1 saturated heterocycles. The first-order chi connectivity index (χ1) is 6.91. The second-order valence-electron chi connectivity index (χ2n) is 5.59. The summed E-state index contributed by atoms with van der Waals surface area (Å²) in [5.74, 6) is 1.01. The first kappa shape index (κ1) is 12.7. The Labute approximate surface area is 94.0 Å². The van der Waals surface area contributed by atoms with Crippen LogP contribution < -0.4 is 0 Å². The summed E-state index contributed by atoms with van der Waals surface area (Å²) in [6.07, 6.45) is 2.99. The molecule has 2 heteroatoms. The quantitative estimate of drug-likeness (QED) is 0.715. The molecule has 2 unspecified atom stereocenters. The van der Waals surface area contributed by atoms with Crippen LogP contribution in [-0.4, -0.2) is 28.8 Å². The van der Waals surface area contributed by atoms with E-state index in [-0.39, 0.29) is 11.6 Å². The molecule has 2 nitrogen and oxygen atoms in total. The third kappa shape index (κ3) is 2.60. The van der Waals surface area contributed by atoms with Crippen molar-refractivity contribution >= 4 is 5.78 Å². The fraction of sp³-hybridized carbons (Fsp3) is 0.923. The molecule has 0 saturated carbocycles. The van der Waals surface area contributed by atoms with E-state index in [1.807, 2.05) is 6.92 Å². The molecule has 0 N–H and O–H groups in total. The van der Waals surface area contributed by atoms with Gasteiger partial charge in [0.25, 0.3) is 0 Å². The zero-order valence-electron chi connectivity index (χ0n) is 10.8. The zero-order chi connectivity index (χ0) is 11.6. The molecular weight excluding hydrogens is 186 g/mol. The van der Waals surface area contributed by atoms with E-state index in [2.05, 4.69) is 32.6 Å². The van der Waals surface area contributed by atoms with Gasteiger partial charge in [0.1, 0.15) is 5.78 Å². The highest BCUT2D eigenvalue weighted by molar-refractivity contribution is 5.84. The van der Waals surface area contributed by atoms with E-state index in [0.29, 0.717) is 18.1 Å². The molecular formula is C13H25NO. The SMILES string of the molecule is CCC(=O)C1C(CC)CCN1C(C)(C)C. The lowest BCUT2D eigenvalue weighted by Gasteiger charge is -2.37. The topological polar surface area (TPSA) is 20.3 Å². The van der Waals surface area contributed by atoms with Crippen LogP contribution in [0.3, 0.4) is 0 Å². The van der Waals surface area contributed by atoms with Gasteiger partial charge < -0.3 is 0 Å². The Morgan fingerprint density at radius 1 is 1.33 bits per heavy atom. The number of Topliss-reactive ketones (excluding diaryl/α,β-unsaturated/α-hetero) is 1. The highest BCUT2D eigenvalue weighted by atomic mass is 16.1. The van der Waals surface area contributed by atoms with Crippen molar-refractivity contribution in [3.05, 3.63) is 0 Å². The molecule has 0 aromatic carbocycles. The predicted octanol–water partition coefficient (Wildman–Crippen LogP) is 2.86. The van der Waals surface area contributed by atoms with Crippen LogP contribution in [0.1, 0.15) is 53.9 Å². The molecule has 0 aliphatic carbocycles. The van der Waals surface area contributed by atoms with Gasteiger partial charge in [-0.3, -0.25) is 9.69 Å². The summed E-state index contributed by atoms with van der Waals surface area (Å²) in [4.78, 5) is 14.4. The van der Waals surface area contributed by atoms with Crippen LogP contribution in [0.5, 0.6) is 0 Å². The molecule has 1 aliphatic rings. The Bertz CT molecular complexity index is 229. The lowest BCUT2D eigenvalue weighted by molar-refractivity contribution is -0.126. The summed E-state index contributed by atoms with van der Waals surface area (Å²) >= 11 is 0. The van der Waals surface area contributed by atoms with Crippen molar-refractivity contribution in [1.29, 1.82) is 0 Å². The number of rotatable bonds is 3. The maximum atomic E-state index is 12.0. The largest absolute Gasteiger partial charge is 0.298 e. The zero-order valence-corrected chi connectivity index (χ0v) is 10.8. The number of carbonyl (C=O) groups is 1. The van der Waals surface area contributed by atoms with Crippen molar-refractivity contribution < 1.29 is 4.79 Å². The van der Waals surface area contributed by atoms with Crippen LogP contribution in [0.2, 0.25) is 0 Å². The van der Waals surface area contributed by atoms with Gasteiger partial charge in [0.2, 0.25) is 0 Å². The second kappa shape index (κ2) is 4.65. The van der Waals surface area contributed by atoms with Gasteiger partial charge in [0, 0.05) is 12.0 Å². The number of ketones is 1. The number of hydrogen-bond acceptors (Lipinski definition) is 2. The minimum Gasteiger partial charge on any atom is -0.298 e. The Morgan fingerprint density at radius 2 is 1.93 bits per heavy atom. The third-order valence-corrected chi connectivity index (χ3v) is 3.59. The summed E-state index contributed by atoms with van der Waals surface area (Å²) in [5.41, 5.74) is 0.124. The third-order valence-electron chi connectivity index (χ3n) is 3.59. The lowest BCUT2D eigenvalue weighted by atomic mass is 9.91. The van der Waals surface area contributed by atoms with E-state index < -0.39 is 0 Å². The summed E-state index contributed by atoms with van der Waals surface area (Å²) in [6, 6.07) is 0.181. The Morgan fingerprint density at radius 3 is 2.33 bits per heavy atom. The van der Waals surface area contributed by atoms with E-state index in [0.717, 1.165) is 13.0 Å². The first-order valence-corrected chi connectivity index (χ1v) is 6.21. The van der Waals surface area contributed by atoms with E-state index in [9.17, 15) is 4.79 Å². The maximum Gasteiger partial charge on any atom is 0.149 e. The summed E-state index contributed by atoms with van der Waals surface area (Å²) in [5, 5.41) is 0. The van der Waals surface area contributed by atoms with Crippen molar-refractivity contribution in [3.63, 3.8) is 0 Å². The van der Waals surface area contributed by atoms with Crippen molar-refractivity contribution in [1.82, 2.24) is 4.90 Å². The minimum atomic E-state index is 0.124. The van der Waals surface area contributed by atoms with Gasteiger partial charge >= 0.3 is 0 Å². The fourth-order valence-electron chi connectivity index (χ4n) is 2.68. The van der Waals surface area contributed by atoms with Gasteiger partial charge in [0.15, 0.2) is 0 Å². The summed E-state index contributed by atoms with van der Waals surface area (Å²) < 4.78 is 0. The number of carbonyl (C=O) groups excluding carboxylic acids is 1. The van der Waals surface area contributed by atoms with E-state index in [1.54, 1.807) is 0 Å². The van der Waals surface area contributed by atoms with E-state index in [4.69, 9.17) is 0 Å². The maximum absolute atomic E-state index is 12.0. The molecule has 88 valence electrons. The van der Waals surface area contributed by atoms with Crippen LogP contribution >= 0.6 is 0 Å². The average Bonchev–Trinajstić information content (AvgIpc) is 2.59. The highest BCUT2D eigenvalue weighted by Gasteiger charge is 2.41. The molecule has 0 radical (unpaired) electrons. The fourth-order valence-corrected chi connectivity index (χ4v) is 2.68. The molecule has 1 rings (SSSR count). The van der Waals surface area contributed by atoms with Crippen molar-refractivity contribution in [2.24, 2.45) is 5.92 Å². The van der Waals surface area contributed by atoms with Crippen molar-refractivity contribution in [2.45, 2.75) is 65.5 Å². The van der Waals surface area contributed by atoms with E-state index in [1.165, 1.54) is 6.42 Å². The smallest absolute Gasteiger partial charge is 0.149 e. The highest BCUT2D eigenvalue weighted by Crippen LogP contribution is 2.33. The predicted molar refractivity (Wildman–Crippen MR) is 63.9 cm³/mol. The summed E-state index contributed by atoms with van der Waals surface area (Å²) in [7, 11) is 0. The van der Waals surface area contributed by atoms with Crippen LogP contribution in [0, 0.1) is 5.92 Å². The van der Waals surface area contributed by atoms with Crippen molar-refractivity contribution in [3.8, 4) is 0 Å². The van der Waals surface area contributed by atoms with Gasteiger partial charge in [-0.25, -0.2) is 0 Å². The molecule has 1 fully saturated rings. The van der Waals surface area contributed by atoms with Crippen LogP contribution in [0.25, 0.3) is 0 Å². The van der Waals surface area contributed by atoms with Crippen LogP contribution in [0.4, 0.5) is 0 Å². The monoisotopic (exact) mass is 211 g/mol. The number of hydrogen-bond donors (Lipinski definition) is 0. The molecule has 2 atom stereocenters. The minimum absolute atomic E-state index is 0.124. The number of nitrogens with zero attached hydrogens (tertiary/aromatic N) is 1. The molecule has 0 aromatic heterocycles. The molecule has 1 heterocycles. The van der Waals surface area contributed by atoms with Crippen LogP contribution in [-0.2, 0) is 4.79 Å².